The molecule has 4 nitrogen and oxygen atoms in total. The molecule has 16 heavy (non-hydrogen) atoms. The Labute approximate surface area is 95.6 Å². The summed E-state index contributed by atoms with van der Waals surface area (Å²) in [5.74, 6) is 2.03. The van der Waals surface area contributed by atoms with Crippen LogP contribution in [0, 0.1) is 0 Å². The molecule has 0 saturated heterocycles. The van der Waals surface area contributed by atoms with Gasteiger partial charge in [0, 0.05) is 18.2 Å². The van der Waals surface area contributed by atoms with E-state index >= 15 is 0 Å². The van der Waals surface area contributed by atoms with Gasteiger partial charge in [-0.3, -0.25) is 0 Å². The van der Waals surface area contributed by atoms with Crippen LogP contribution in [0.3, 0.4) is 0 Å². The van der Waals surface area contributed by atoms with Gasteiger partial charge >= 0.3 is 0 Å². The van der Waals surface area contributed by atoms with E-state index in [0.717, 1.165) is 5.56 Å². The Hall–Kier alpha value is -1.68. The maximum absolute atomic E-state index is 5.42. The third-order valence-corrected chi connectivity index (χ3v) is 2.15. The minimum Gasteiger partial charge on any atom is -0.497 e. The SMILES string of the molecule is COc1cc(/C=C/CN)c(OC)c(OC)c1. The normalized spacial score (nSPS) is 10.5. The van der Waals surface area contributed by atoms with Crippen LogP contribution < -0.4 is 19.9 Å². The molecule has 0 aliphatic carbocycles. The topological polar surface area (TPSA) is 53.7 Å². The van der Waals surface area contributed by atoms with Crippen LogP contribution in [0.4, 0.5) is 0 Å². The molecule has 0 aliphatic rings. The summed E-state index contributed by atoms with van der Waals surface area (Å²) >= 11 is 0. The highest BCUT2D eigenvalue weighted by Gasteiger charge is 2.10. The molecule has 0 bridgehead atoms. The van der Waals surface area contributed by atoms with Crippen molar-refractivity contribution >= 4 is 6.08 Å². The molecule has 88 valence electrons. The predicted molar refractivity (Wildman–Crippen MR) is 64.2 cm³/mol. The van der Waals surface area contributed by atoms with Crippen molar-refractivity contribution in [2.24, 2.45) is 5.73 Å². The average Bonchev–Trinajstić information content (AvgIpc) is 2.34. The van der Waals surface area contributed by atoms with Crippen LogP contribution in [0.25, 0.3) is 6.08 Å². The van der Waals surface area contributed by atoms with Crippen LogP contribution >= 0.6 is 0 Å². The van der Waals surface area contributed by atoms with Gasteiger partial charge in [0.25, 0.3) is 0 Å². The number of nitrogens with two attached hydrogens (primary N) is 1. The molecule has 1 aromatic rings. The molecule has 1 rings (SSSR count). The largest absolute Gasteiger partial charge is 0.497 e. The lowest BCUT2D eigenvalue weighted by atomic mass is 10.1. The zero-order valence-corrected chi connectivity index (χ0v) is 9.82. The Bertz CT molecular complexity index is 375. The molecule has 0 saturated carbocycles. The number of ether oxygens (including phenoxy) is 3. The Morgan fingerprint density at radius 2 is 1.88 bits per heavy atom. The molecule has 0 spiro atoms. The van der Waals surface area contributed by atoms with Crippen LogP contribution in [-0.2, 0) is 0 Å². The molecular weight excluding hydrogens is 206 g/mol. The minimum atomic E-state index is 0.475. The first-order valence-electron chi connectivity index (χ1n) is 4.93. The van der Waals surface area contributed by atoms with Crippen molar-refractivity contribution in [2.45, 2.75) is 0 Å². The van der Waals surface area contributed by atoms with Crippen molar-refractivity contribution in [1.29, 1.82) is 0 Å². The molecule has 0 aromatic heterocycles. The molecule has 2 N–H and O–H groups in total. The van der Waals surface area contributed by atoms with Gasteiger partial charge in [0.15, 0.2) is 11.5 Å². The minimum absolute atomic E-state index is 0.475. The quantitative estimate of drug-likeness (QED) is 0.825. The molecule has 0 atom stereocenters. The molecule has 0 aliphatic heterocycles. The van der Waals surface area contributed by atoms with Crippen molar-refractivity contribution in [3.8, 4) is 17.2 Å². The van der Waals surface area contributed by atoms with Gasteiger partial charge in [-0.05, 0) is 6.07 Å². The van der Waals surface area contributed by atoms with Crippen LogP contribution in [-0.4, -0.2) is 27.9 Å². The van der Waals surface area contributed by atoms with E-state index in [1.807, 2.05) is 18.2 Å². The number of hydrogen-bond acceptors (Lipinski definition) is 4. The first kappa shape index (κ1) is 12.4. The molecule has 0 fully saturated rings. The van der Waals surface area contributed by atoms with Crippen LogP contribution in [0.15, 0.2) is 18.2 Å². The van der Waals surface area contributed by atoms with Crippen LogP contribution in [0.1, 0.15) is 5.56 Å². The smallest absolute Gasteiger partial charge is 0.168 e. The lowest BCUT2D eigenvalue weighted by Gasteiger charge is -2.12. The Morgan fingerprint density at radius 1 is 1.12 bits per heavy atom. The third-order valence-electron chi connectivity index (χ3n) is 2.15. The highest BCUT2D eigenvalue weighted by atomic mass is 16.5. The van der Waals surface area contributed by atoms with E-state index in [2.05, 4.69) is 0 Å². The maximum Gasteiger partial charge on any atom is 0.168 e. The van der Waals surface area contributed by atoms with Crippen molar-refractivity contribution in [1.82, 2.24) is 0 Å². The van der Waals surface area contributed by atoms with Gasteiger partial charge in [-0.15, -0.1) is 0 Å². The predicted octanol–water partition coefficient (Wildman–Crippen LogP) is 1.68. The van der Waals surface area contributed by atoms with Crippen molar-refractivity contribution < 1.29 is 14.2 Å². The van der Waals surface area contributed by atoms with Gasteiger partial charge in [0.2, 0.25) is 0 Å². The Balaban J connectivity index is 3.25. The van der Waals surface area contributed by atoms with Crippen LogP contribution in [0.5, 0.6) is 17.2 Å². The number of hydrogen-bond donors (Lipinski definition) is 1. The highest BCUT2D eigenvalue weighted by molar-refractivity contribution is 5.65. The fraction of sp³-hybridized carbons (Fsp3) is 0.333. The highest BCUT2D eigenvalue weighted by Crippen LogP contribution is 2.36. The summed E-state index contributed by atoms with van der Waals surface area (Å²) < 4.78 is 15.7. The Kier molecular flexibility index (Phi) is 4.66. The summed E-state index contributed by atoms with van der Waals surface area (Å²) in [6.45, 7) is 0.475. The standard InChI is InChI=1S/C12H17NO3/c1-14-10-7-9(5-4-6-13)12(16-3)11(8-10)15-2/h4-5,7-8H,6,13H2,1-3H3/b5-4+. The zero-order valence-electron chi connectivity index (χ0n) is 9.82. The van der Waals surface area contributed by atoms with E-state index in [0.29, 0.717) is 23.8 Å². The maximum atomic E-state index is 5.42. The van der Waals surface area contributed by atoms with Crippen molar-refractivity contribution in [3.63, 3.8) is 0 Å². The molecule has 4 heteroatoms. The summed E-state index contributed by atoms with van der Waals surface area (Å²) in [6.07, 6.45) is 3.72. The van der Waals surface area contributed by atoms with Gasteiger partial charge in [0.1, 0.15) is 5.75 Å². The lowest BCUT2D eigenvalue weighted by Crippen LogP contribution is -1.96. The van der Waals surface area contributed by atoms with E-state index in [9.17, 15) is 0 Å². The summed E-state index contributed by atoms with van der Waals surface area (Å²) in [4.78, 5) is 0. The fourth-order valence-electron chi connectivity index (χ4n) is 1.40. The third kappa shape index (κ3) is 2.67. The van der Waals surface area contributed by atoms with E-state index in [1.54, 1.807) is 27.4 Å². The monoisotopic (exact) mass is 223 g/mol. The fourth-order valence-corrected chi connectivity index (χ4v) is 1.40. The lowest BCUT2D eigenvalue weighted by molar-refractivity contribution is 0.348. The van der Waals surface area contributed by atoms with E-state index in [-0.39, 0.29) is 0 Å². The van der Waals surface area contributed by atoms with Gasteiger partial charge in [-0.2, -0.15) is 0 Å². The Morgan fingerprint density at radius 3 is 2.38 bits per heavy atom. The first-order valence-corrected chi connectivity index (χ1v) is 4.93. The van der Waals surface area contributed by atoms with Gasteiger partial charge in [0.05, 0.1) is 21.3 Å². The van der Waals surface area contributed by atoms with E-state index in [1.165, 1.54) is 0 Å². The van der Waals surface area contributed by atoms with Crippen molar-refractivity contribution in [2.75, 3.05) is 27.9 Å². The summed E-state index contributed by atoms with van der Waals surface area (Å²) in [5, 5.41) is 0. The second-order valence-corrected chi connectivity index (χ2v) is 3.09. The molecule has 0 heterocycles. The average molecular weight is 223 g/mol. The van der Waals surface area contributed by atoms with E-state index in [4.69, 9.17) is 19.9 Å². The molecule has 0 unspecified atom stereocenters. The number of rotatable bonds is 5. The summed E-state index contributed by atoms with van der Waals surface area (Å²) in [7, 11) is 4.80. The van der Waals surface area contributed by atoms with Crippen molar-refractivity contribution in [3.05, 3.63) is 23.8 Å². The van der Waals surface area contributed by atoms with Crippen LogP contribution in [0.2, 0.25) is 0 Å². The second-order valence-electron chi connectivity index (χ2n) is 3.09. The number of methoxy groups -OCH3 is 3. The number of benzene rings is 1. The summed E-state index contributed by atoms with van der Waals surface area (Å²) in [5.41, 5.74) is 6.30. The van der Waals surface area contributed by atoms with E-state index < -0.39 is 0 Å². The molecule has 0 amide bonds. The zero-order chi connectivity index (χ0) is 12.0. The second kappa shape index (κ2) is 6.02. The van der Waals surface area contributed by atoms with Gasteiger partial charge in [-0.25, -0.2) is 0 Å². The van der Waals surface area contributed by atoms with Gasteiger partial charge < -0.3 is 19.9 Å². The van der Waals surface area contributed by atoms with Gasteiger partial charge in [-0.1, -0.05) is 12.2 Å². The first-order chi connectivity index (χ1) is 7.76. The molecule has 0 radical (unpaired) electrons. The molecule has 1 aromatic carbocycles. The molecular formula is C12H17NO3. The summed E-state index contributed by atoms with van der Waals surface area (Å²) in [6, 6.07) is 3.64.